The normalized spacial score (nSPS) is 12.9. The molecule has 6 heteroatoms. The van der Waals surface area contributed by atoms with Gasteiger partial charge in [0.25, 0.3) is 5.91 Å². The van der Waals surface area contributed by atoms with Gasteiger partial charge < -0.3 is 20.7 Å². The minimum atomic E-state index is -0.198. The van der Waals surface area contributed by atoms with E-state index in [1.807, 2.05) is 51.0 Å². The summed E-state index contributed by atoms with van der Waals surface area (Å²) >= 11 is 0. The van der Waals surface area contributed by atoms with Gasteiger partial charge >= 0.3 is 0 Å². The second-order valence-corrected chi connectivity index (χ2v) is 5.21. The van der Waals surface area contributed by atoms with Crippen molar-refractivity contribution in [3.63, 3.8) is 0 Å². The van der Waals surface area contributed by atoms with Crippen molar-refractivity contribution in [2.45, 2.75) is 13.8 Å². The SMILES string of the molecule is CCN(CC(C)C(N)=NO)C(=O)c1cccc(N(C)C)c1. The number of nitrogens with two attached hydrogens (primary N) is 1. The predicted octanol–water partition coefficient (Wildman–Crippen LogP) is 1.60. The third-order valence-electron chi connectivity index (χ3n) is 3.39. The number of hydrogen-bond acceptors (Lipinski definition) is 4. The van der Waals surface area contributed by atoms with E-state index in [0.717, 1.165) is 5.69 Å². The lowest BCUT2D eigenvalue weighted by Crippen LogP contribution is -2.38. The van der Waals surface area contributed by atoms with Gasteiger partial charge in [0.2, 0.25) is 0 Å². The Morgan fingerprint density at radius 2 is 2.10 bits per heavy atom. The topological polar surface area (TPSA) is 82.2 Å². The fourth-order valence-electron chi connectivity index (χ4n) is 1.98. The van der Waals surface area contributed by atoms with Crippen LogP contribution in [0.5, 0.6) is 0 Å². The summed E-state index contributed by atoms with van der Waals surface area (Å²) < 4.78 is 0. The maximum Gasteiger partial charge on any atom is 0.253 e. The van der Waals surface area contributed by atoms with Crippen molar-refractivity contribution >= 4 is 17.4 Å². The van der Waals surface area contributed by atoms with Gasteiger partial charge in [-0.15, -0.1) is 0 Å². The first-order chi connectivity index (χ1) is 9.90. The Labute approximate surface area is 125 Å². The Balaban J connectivity index is 2.91. The highest BCUT2D eigenvalue weighted by Crippen LogP contribution is 2.15. The van der Waals surface area contributed by atoms with E-state index in [2.05, 4.69) is 5.16 Å². The molecule has 0 radical (unpaired) electrons. The zero-order chi connectivity index (χ0) is 16.0. The first-order valence-electron chi connectivity index (χ1n) is 6.94. The summed E-state index contributed by atoms with van der Waals surface area (Å²) in [6, 6.07) is 7.47. The first kappa shape index (κ1) is 16.8. The maximum absolute atomic E-state index is 12.6. The molecule has 1 aromatic rings. The van der Waals surface area contributed by atoms with Crippen molar-refractivity contribution in [1.29, 1.82) is 0 Å². The zero-order valence-electron chi connectivity index (χ0n) is 13.1. The summed E-state index contributed by atoms with van der Waals surface area (Å²) in [5.41, 5.74) is 7.19. The second kappa shape index (κ2) is 7.52. The molecule has 21 heavy (non-hydrogen) atoms. The van der Waals surface area contributed by atoms with Gasteiger partial charge in [-0.25, -0.2) is 0 Å². The van der Waals surface area contributed by atoms with Crippen molar-refractivity contribution < 1.29 is 10.0 Å². The Morgan fingerprint density at radius 1 is 1.43 bits per heavy atom. The lowest BCUT2D eigenvalue weighted by Gasteiger charge is -2.24. The molecule has 0 spiro atoms. The number of anilines is 1. The molecule has 0 bridgehead atoms. The minimum Gasteiger partial charge on any atom is -0.409 e. The van der Waals surface area contributed by atoms with Crippen LogP contribution in [-0.4, -0.2) is 49.0 Å². The number of carbonyl (C=O) groups is 1. The van der Waals surface area contributed by atoms with E-state index in [1.54, 1.807) is 11.0 Å². The van der Waals surface area contributed by atoms with Gasteiger partial charge in [0, 0.05) is 44.4 Å². The molecule has 0 aromatic heterocycles. The van der Waals surface area contributed by atoms with Crippen molar-refractivity contribution in [2.75, 3.05) is 32.1 Å². The van der Waals surface area contributed by atoms with Crippen LogP contribution >= 0.6 is 0 Å². The van der Waals surface area contributed by atoms with Gasteiger partial charge in [0.1, 0.15) is 5.84 Å². The molecule has 1 aromatic carbocycles. The number of hydrogen-bond donors (Lipinski definition) is 2. The molecule has 1 atom stereocenters. The first-order valence-corrected chi connectivity index (χ1v) is 6.94. The highest BCUT2D eigenvalue weighted by Gasteiger charge is 2.19. The van der Waals surface area contributed by atoms with E-state index in [9.17, 15) is 4.79 Å². The van der Waals surface area contributed by atoms with Crippen molar-refractivity contribution in [3.05, 3.63) is 29.8 Å². The number of carbonyl (C=O) groups excluding carboxylic acids is 1. The van der Waals surface area contributed by atoms with Crippen LogP contribution in [0.4, 0.5) is 5.69 Å². The van der Waals surface area contributed by atoms with Crippen LogP contribution in [0.25, 0.3) is 0 Å². The molecule has 0 saturated heterocycles. The lowest BCUT2D eigenvalue weighted by atomic mass is 10.1. The zero-order valence-corrected chi connectivity index (χ0v) is 13.1. The lowest BCUT2D eigenvalue weighted by molar-refractivity contribution is 0.0754. The molecule has 0 saturated carbocycles. The quantitative estimate of drug-likeness (QED) is 0.361. The van der Waals surface area contributed by atoms with Gasteiger partial charge in [-0.3, -0.25) is 4.79 Å². The van der Waals surface area contributed by atoms with E-state index >= 15 is 0 Å². The second-order valence-electron chi connectivity index (χ2n) is 5.21. The molecule has 3 N–H and O–H groups in total. The standard InChI is InChI=1S/C15H24N4O2/c1-5-19(10-11(2)14(16)17-21)15(20)12-7-6-8-13(9-12)18(3)4/h6-9,11,21H,5,10H2,1-4H3,(H2,16,17). The Hall–Kier alpha value is -2.24. The number of amidine groups is 1. The van der Waals surface area contributed by atoms with Gasteiger partial charge in [-0.2, -0.15) is 0 Å². The fourth-order valence-corrected chi connectivity index (χ4v) is 1.98. The molecule has 0 aliphatic rings. The molecular weight excluding hydrogens is 268 g/mol. The summed E-state index contributed by atoms with van der Waals surface area (Å²) in [4.78, 5) is 16.2. The van der Waals surface area contributed by atoms with Crippen LogP contribution in [0, 0.1) is 5.92 Å². The third kappa shape index (κ3) is 4.37. The largest absolute Gasteiger partial charge is 0.409 e. The average Bonchev–Trinajstić information content (AvgIpc) is 2.50. The molecule has 1 amide bonds. The maximum atomic E-state index is 12.6. The fraction of sp³-hybridized carbons (Fsp3) is 0.467. The highest BCUT2D eigenvalue weighted by atomic mass is 16.4. The van der Waals surface area contributed by atoms with E-state index in [1.165, 1.54) is 0 Å². The predicted molar refractivity (Wildman–Crippen MR) is 84.9 cm³/mol. The molecular formula is C15H24N4O2. The Bertz CT molecular complexity index is 514. The van der Waals surface area contributed by atoms with E-state index in [-0.39, 0.29) is 17.7 Å². The van der Waals surface area contributed by atoms with Crippen LogP contribution in [0.3, 0.4) is 0 Å². The Kier molecular flexibility index (Phi) is 6.02. The summed E-state index contributed by atoms with van der Waals surface area (Å²) in [5, 5.41) is 11.7. The van der Waals surface area contributed by atoms with Gasteiger partial charge in [0.15, 0.2) is 0 Å². The van der Waals surface area contributed by atoms with Gasteiger partial charge in [-0.05, 0) is 25.1 Å². The van der Waals surface area contributed by atoms with Crippen molar-refractivity contribution in [1.82, 2.24) is 4.90 Å². The van der Waals surface area contributed by atoms with Crippen LogP contribution in [0.15, 0.2) is 29.4 Å². The molecule has 1 rings (SSSR count). The van der Waals surface area contributed by atoms with Crippen LogP contribution in [0.1, 0.15) is 24.2 Å². The average molecular weight is 292 g/mol. The number of oxime groups is 1. The number of amides is 1. The molecule has 0 aliphatic heterocycles. The summed E-state index contributed by atoms with van der Waals surface area (Å²) in [7, 11) is 3.86. The van der Waals surface area contributed by atoms with E-state index < -0.39 is 0 Å². The minimum absolute atomic E-state index is 0.0567. The monoisotopic (exact) mass is 292 g/mol. The summed E-state index contributed by atoms with van der Waals surface area (Å²) in [6.07, 6.45) is 0. The summed E-state index contributed by atoms with van der Waals surface area (Å²) in [6.45, 7) is 4.71. The molecule has 0 heterocycles. The number of benzene rings is 1. The summed E-state index contributed by atoms with van der Waals surface area (Å²) in [5.74, 6) is -0.127. The van der Waals surface area contributed by atoms with Crippen LogP contribution in [0.2, 0.25) is 0 Å². The molecule has 6 nitrogen and oxygen atoms in total. The number of rotatable bonds is 6. The number of nitrogens with zero attached hydrogens (tertiary/aromatic N) is 3. The van der Waals surface area contributed by atoms with Crippen molar-refractivity contribution in [3.8, 4) is 0 Å². The smallest absolute Gasteiger partial charge is 0.253 e. The highest BCUT2D eigenvalue weighted by molar-refractivity contribution is 5.95. The van der Waals surface area contributed by atoms with Crippen molar-refractivity contribution in [2.24, 2.45) is 16.8 Å². The van der Waals surface area contributed by atoms with E-state index in [4.69, 9.17) is 10.9 Å². The van der Waals surface area contributed by atoms with Crippen LogP contribution in [-0.2, 0) is 0 Å². The van der Waals surface area contributed by atoms with Gasteiger partial charge in [-0.1, -0.05) is 18.1 Å². The molecule has 116 valence electrons. The Morgan fingerprint density at radius 3 is 2.62 bits per heavy atom. The van der Waals surface area contributed by atoms with E-state index in [0.29, 0.717) is 18.7 Å². The van der Waals surface area contributed by atoms with Crippen LogP contribution < -0.4 is 10.6 Å². The molecule has 0 aliphatic carbocycles. The molecule has 1 unspecified atom stereocenters. The third-order valence-corrected chi connectivity index (χ3v) is 3.39. The van der Waals surface area contributed by atoms with Gasteiger partial charge in [0.05, 0.1) is 0 Å². The molecule has 0 fully saturated rings.